The Morgan fingerprint density at radius 3 is 2.31 bits per heavy atom. The second kappa shape index (κ2) is 9.93. The Morgan fingerprint density at radius 1 is 1.12 bits per heavy atom. The van der Waals surface area contributed by atoms with Gasteiger partial charge in [-0.15, -0.1) is 0 Å². The van der Waals surface area contributed by atoms with E-state index in [2.05, 4.69) is 45.0 Å². The maximum atomic E-state index is 9.60. The quantitative estimate of drug-likeness (QED) is 0.836. The van der Waals surface area contributed by atoms with Crippen molar-refractivity contribution in [2.75, 3.05) is 44.2 Å². The zero-order valence-corrected chi connectivity index (χ0v) is 16.9. The lowest BCUT2D eigenvalue weighted by atomic mass is 10.1. The fraction of sp³-hybridized carbons (Fsp3) is 0.667. The van der Waals surface area contributed by atoms with Gasteiger partial charge in [0.2, 0.25) is 0 Å². The van der Waals surface area contributed by atoms with Crippen molar-refractivity contribution in [1.82, 2.24) is 10.2 Å². The summed E-state index contributed by atoms with van der Waals surface area (Å²) in [7, 11) is 0. The zero-order valence-electron chi connectivity index (χ0n) is 16.9. The highest BCUT2D eigenvalue weighted by atomic mass is 16.5. The monoisotopic (exact) mass is 361 g/mol. The van der Waals surface area contributed by atoms with Gasteiger partial charge in [0.25, 0.3) is 6.47 Å². The molecule has 1 aromatic rings. The van der Waals surface area contributed by atoms with Crippen molar-refractivity contribution in [3.8, 4) is 0 Å². The number of nitrogens with one attached hydrogen (secondary N) is 1. The van der Waals surface area contributed by atoms with Gasteiger partial charge in [0, 0.05) is 51.5 Å². The number of anilines is 1. The molecule has 3 rings (SSSR count). The van der Waals surface area contributed by atoms with E-state index in [9.17, 15) is 4.79 Å². The third kappa shape index (κ3) is 6.96. The lowest BCUT2D eigenvalue weighted by molar-refractivity contribution is -0.138. The number of hydrogen-bond acceptors (Lipinski definition) is 5. The smallest absolute Gasteiger partial charge is 0.293 e. The molecule has 2 fully saturated rings. The van der Waals surface area contributed by atoms with Crippen LogP contribution in [0.15, 0.2) is 18.2 Å². The highest BCUT2D eigenvalue weighted by Gasteiger charge is 2.18. The Balaban J connectivity index is 0.000000298. The molecular weight excluding hydrogens is 326 g/mol. The zero-order chi connectivity index (χ0) is 19.0. The molecule has 1 aromatic carbocycles. The van der Waals surface area contributed by atoms with E-state index in [0.717, 1.165) is 19.6 Å². The standard InChI is InChI=1S/C16H25N3.C5H10O2/c1-14-4-5-16(19-8-2-3-9-19)15(12-14)13-18-10-6-17-7-11-18;1-5(2,3)7-4-6/h4-5,12,17H,2-3,6-11,13H2,1H3;4H,1-3H3. The van der Waals surface area contributed by atoms with Crippen molar-refractivity contribution >= 4 is 12.2 Å². The van der Waals surface area contributed by atoms with Crippen LogP contribution < -0.4 is 10.2 Å². The summed E-state index contributed by atoms with van der Waals surface area (Å²) in [6, 6.07) is 6.97. The van der Waals surface area contributed by atoms with E-state index in [1.54, 1.807) is 0 Å². The van der Waals surface area contributed by atoms with Gasteiger partial charge in [0.1, 0.15) is 5.60 Å². The fourth-order valence-corrected chi connectivity index (χ4v) is 3.36. The fourth-order valence-electron chi connectivity index (χ4n) is 3.36. The molecule has 2 heterocycles. The predicted octanol–water partition coefficient (Wildman–Crippen LogP) is 2.96. The first-order chi connectivity index (χ1) is 12.4. The summed E-state index contributed by atoms with van der Waals surface area (Å²) in [5, 5.41) is 3.43. The first kappa shape index (κ1) is 20.7. The number of ether oxygens (including phenoxy) is 1. The van der Waals surface area contributed by atoms with Crippen molar-refractivity contribution < 1.29 is 9.53 Å². The van der Waals surface area contributed by atoms with Gasteiger partial charge in [-0.2, -0.15) is 0 Å². The first-order valence-electron chi connectivity index (χ1n) is 9.78. The minimum absolute atomic E-state index is 0.318. The van der Waals surface area contributed by atoms with Crippen LogP contribution in [0.3, 0.4) is 0 Å². The minimum Gasteiger partial charge on any atom is -0.462 e. The average molecular weight is 362 g/mol. The number of aryl methyl sites for hydroxylation is 1. The highest BCUT2D eigenvalue weighted by molar-refractivity contribution is 5.55. The third-order valence-corrected chi connectivity index (χ3v) is 4.69. The maximum Gasteiger partial charge on any atom is 0.293 e. The number of nitrogens with zero attached hydrogens (tertiary/aromatic N) is 2. The van der Waals surface area contributed by atoms with Gasteiger partial charge in [0.05, 0.1) is 0 Å². The maximum absolute atomic E-state index is 9.60. The number of rotatable bonds is 4. The van der Waals surface area contributed by atoms with Crippen molar-refractivity contribution in [1.29, 1.82) is 0 Å². The Labute approximate surface area is 158 Å². The third-order valence-electron chi connectivity index (χ3n) is 4.69. The molecule has 0 bridgehead atoms. The second-order valence-corrected chi connectivity index (χ2v) is 8.18. The van der Waals surface area contributed by atoms with Crippen LogP contribution in [0.5, 0.6) is 0 Å². The Morgan fingerprint density at radius 2 is 1.77 bits per heavy atom. The van der Waals surface area contributed by atoms with E-state index in [-0.39, 0.29) is 5.60 Å². The van der Waals surface area contributed by atoms with Gasteiger partial charge in [-0.25, -0.2) is 0 Å². The molecule has 0 amide bonds. The highest BCUT2D eigenvalue weighted by Crippen LogP contribution is 2.26. The SMILES string of the molecule is CC(C)(C)OC=O.Cc1ccc(N2CCCC2)c(CN2CCNCC2)c1. The molecule has 2 aliphatic rings. The van der Waals surface area contributed by atoms with Crippen molar-refractivity contribution in [3.05, 3.63) is 29.3 Å². The van der Waals surface area contributed by atoms with E-state index in [4.69, 9.17) is 0 Å². The Bertz CT molecular complexity index is 557. The van der Waals surface area contributed by atoms with Crippen LogP contribution in [-0.4, -0.2) is 56.2 Å². The molecule has 1 N–H and O–H groups in total. The van der Waals surface area contributed by atoms with Gasteiger partial charge in [-0.05, 0) is 52.2 Å². The van der Waals surface area contributed by atoms with Crippen LogP contribution in [0.1, 0.15) is 44.7 Å². The molecule has 5 nitrogen and oxygen atoms in total. The summed E-state index contributed by atoms with van der Waals surface area (Å²) in [6.45, 7) is 16.3. The predicted molar refractivity (Wildman–Crippen MR) is 108 cm³/mol. The van der Waals surface area contributed by atoms with Crippen molar-refractivity contribution in [2.24, 2.45) is 0 Å². The summed E-state index contributed by atoms with van der Waals surface area (Å²) in [4.78, 5) is 14.7. The van der Waals surface area contributed by atoms with E-state index >= 15 is 0 Å². The molecule has 26 heavy (non-hydrogen) atoms. The Kier molecular flexibility index (Phi) is 7.91. The number of carbonyl (C=O) groups excluding carboxylic acids is 1. The number of benzene rings is 1. The molecule has 0 aliphatic carbocycles. The second-order valence-electron chi connectivity index (χ2n) is 8.18. The molecule has 0 unspecified atom stereocenters. The minimum atomic E-state index is -0.318. The van der Waals surface area contributed by atoms with Gasteiger partial charge in [-0.1, -0.05) is 17.7 Å². The summed E-state index contributed by atoms with van der Waals surface area (Å²) < 4.78 is 4.55. The van der Waals surface area contributed by atoms with E-state index < -0.39 is 0 Å². The molecule has 2 saturated heterocycles. The number of hydrogen-bond donors (Lipinski definition) is 1. The molecule has 0 spiro atoms. The van der Waals surface area contributed by atoms with E-state index in [1.807, 2.05) is 20.8 Å². The summed E-state index contributed by atoms with van der Waals surface area (Å²) in [5.41, 5.74) is 4.06. The molecule has 0 atom stereocenters. The number of carbonyl (C=O) groups is 1. The van der Waals surface area contributed by atoms with E-state index in [1.165, 1.54) is 55.8 Å². The topological polar surface area (TPSA) is 44.8 Å². The summed E-state index contributed by atoms with van der Waals surface area (Å²) in [5.74, 6) is 0. The normalized spacial score (nSPS) is 18.2. The van der Waals surface area contributed by atoms with E-state index in [0.29, 0.717) is 6.47 Å². The van der Waals surface area contributed by atoms with Crippen LogP contribution in [0.25, 0.3) is 0 Å². The lowest BCUT2D eigenvalue weighted by Gasteiger charge is -2.30. The van der Waals surface area contributed by atoms with Gasteiger partial charge >= 0.3 is 0 Å². The molecule has 0 radical (unpaired) electrons. The molecule has 0 aromatic heterocycles. The van der Waals surface area contributed by atoms with Gasteiger partial charge < -0.3 is 15.0 Å². The van der Waals surface area contributed by atoms with Gasteiger partial charge in [-0.3, -0.25) is 9.69 Å². The molecule has 2 aliphatic heterocycles. The van der Waals surface area contributed by atoms with Gasteiger partial charge in [0.15, 0.2) is 0 Å². The number of piperazine rings is 1. The molecule has 146 valence electrons. The van der Waals surface area contributed by atoms with Crippen LogP contribution in [0.4, 0.5) is 5.69 Å². The molecular formula is C21H35N3O2. The first-order valence-corrected chi connectivity index (χ1v) is 9.78. The average Bonchev–Trinajstić information content (AvgIpc) is 3.10. The van der Waals surface area contributed by atoms with Crippen LogP contribution in [-0.2, 0) is 16.1 Å². The van der Waals surface area contributed by atoms with Crippen molar-refractivity contribution in [3.63, 3.8) is 0 Å². The largest absolute Gasteiger partial charge is 0.462 e. The van der Waals surface area contributed by atoms with Crippen LogP contribution in [0.2, 0.25) is 0 Å². The summed E-state index contributed by atoms with van der Waals surface area (Å²) in [6.07, 6.45) is 2.70. The Hall–Kier alpha value is -1.59. The van der Waals surface area contributed by atoms with Crippen LogP contribution in [0, 0.1) is 6.92 Å². The molecule has 5 heteroatoms. The molecule has 0 saturated carbocycles. The van der Waals surface area contributed by atoms with Crippen LogP contribution >= 0.6 is 0 Å². The van der Waals surface area contributed by atoms with Crippen molar-refractivity contribution in [2.45, 2.75) is 52.7 Å². The lowest BCUT2D eigenvalue weighted by Crippen LogP contribution is -2.43. The summed E-state index contributed by atoms with van der Waals surface area (Å²) >= 11 is 0.